The molecule has 1 atom stereocenters. The van der Waals surface area contributed by atoms with Crippen LogP contribution in [-0.2, 0) is 11.2 Å². The molecule has 1 unspecified atom stereocenters. The van der Waals surface area contributed by atoms with Crippen molar-refractivity contribution in [1.82, 2.24) is 4.90 Å². The molecule has 1 amide bonds. The fourth-order valence-corrected chi connectivity index (χ4v) is 4.55. The number of halogens is 2. The first-order valence-corrected chi connectivity index (χ1v) is 9.50. The van der Waals surface area contributed by atoms with Gasteiger partial charge in [-0.25, -0.2) is 0 Å². The lowest BCUT2D eigenvalue weighted by atomic mass is 9.83. The van der Waals surface area contributed by atoms with Gasteiger partial charge >= 0.3 is 0 Å². The highest BCUT2D eigenvalue weighted by Crippen LogP contribution is 2.35. The van der Waals surface area contributed by atoms with Crippen molar-refractivity contribution in [2.24, 2.45) is 5.92 Å². The second-order valence-corrected chi connectivity index (χ2v) is 8.51. The van der Waals surface area contributed by atoms with E-state index in [-0.39, 0.29) is 11.8 Å². The summed E-state index contributed by atoms with van der Waals surface area (Å²) in [7, 11) is 0. The SMILES string of the molecule is CC1(O)CCC(N2CCC(Cc3ccc(Br)cc3Cl)C2=O)CC1. The molecular formula is C18H23BrClNO2. The molecule has 23 heavy (non-hydrogen) atoms. The Balaban J connectivity index is 1.63. The Bertz CT molecular complexity index is 595. The smallest absolute Gasteiger partial charge is 0.226 e. The van der Waals surface area contributed by atoms with E-state index in [9.17, 15) is 9.90 Å². The van der Waals surface area contributed by atoms with Crippen LogP contribution in [0.25, 0.3) is 0 Å². The zero-order valence-electron chi connectivity index (χ0n) is 13.4. The van der Waals surface area contributed by atoms with Crippen LogP contribution in [0, 0.1) is 5.92 Å². The maximum absolute atomic E-state index is 12.8. The Kier molecular flexibility index (Phi) is 5.05. The molecule has 1 saturated heterocycles. The zero-order valence-corrected chi connectivity index (χ0v) is 15.7. The summed E-state index contributed by atoms with van der Waals surface area (Å²) in [6.45, 7) is 2.73. The largest absolute Gasteiger partial charge is 0.390 e. The highest BCUT2D eigenvalue weighted by molar-refractivity contribution is 9.10. The third kappa shape index (κ3) is 3.92. The molecule has 2 fully saturated rings. The zero-order chi connectivity index (χ0) is 16.6. The van der Waals surface area contributed by atoms with Crippen molar-refractivity contribution in [3.05, 3.63) is 33.3 Å². The second kappa shape index (κ2) is 6.73. The lowest BCUT2D eigenvalue weighted by Gasteiger charge is -2.37. The van der Waals surface area contributed by atoms with E-state index >= 15 is 0 Å². The van der Waals surface area contributed by atoms with Crippen molar-refractivity contribution in [2.45, 2.75) is 57.1 Å². The molecule has 3 nitrogen and oxygen atoms in total. The third-order valence-corrected chi connectivity index (χ3v) is 6.15. The van der Waals surface area contributed by atoms with Gasteiger partial charge in [-0.2, -0.15) is 0 Å². The Morgan fingerprint density at radius 3 is 2.70 bits per heavy atom. The molecule has 2 aliphatic rings. The Hall–Kier alpha value is -0.580. The predicted molar refractivity (Wildman–Crippen MR) is 95.6 cm³/mol. The molecule has 0 aromatic heterocycles. The lowest BCUT2D eigenvalue weighted by Crippen LogP contribution is -2.43. The van der Waals surface area contributed by atoms with Crippen LogP contribution in [0.15, 0.2) is 22.7 Å². The summed E-state index contributed by atoms with van der Waals surface area (Å²) in [5, 5.41) is 10.8. The first kappa shape index (κ1) is 17.2. The van der Waals surface area contributed by atoms with Gasteiger partial charge in [0.15, 0.2) is 0 Å². The lowest BCUT2D eigenvalue weighted by molar-refractivity contribution is -0.134. The molecular weight excluding hydrogens is 378 g/mol. The molecule has 0 bridgehead atoms. The van der Waals surface area contributed by atoms with Gasteiger partial charge in [0.05, 0.1) is 5.60 Å². The Morgan fingerprint density at radius 1 is 1.35 bits per heavy atom. The highest BCUT2D eigenvalue weighted by atomic mass is 79.9. The predicted octanol–water partition coefficient (Wildman–Crippen LogP) is 4.19. The van der Waals surface area contributed by atoms with E-state index < -0.39 is 5.60 Å². The Morgan fingerprint density at radius 2 is 2.04 bits per heavy atom. The number of nitrogens with zero attached hydrogens (tertiary/aromatic N) is 1. The van der Waals surface area contributed by atoms with Crippen molar-refractivity contribution < 1.29 is 9.90 Å². The number of aliphatic hydroxyl groups is 1. The normalized spacial score (nSPS) is 31.7. The minimum absolute atomic E-state index is 0.0381. The highest BCUT2D eigenvalue weighted by Gasteiger charge is 2.39. The molecule has 0 spiro atoms. The van der Waals surface area contributed by atoms with E-state index in [1.165, 1.54) is 0 Å². The minimum atomic E-state index is -0.552. The number of carbonyl (C=O) groups excluding carboxylic acids is 1. The summed E-state index contributed by atoms with van der Waals surface area (Å²) < 4.78 is 0.958. The summed E-state index contributed by atoms with van der Waals surface area (Å²) in [5.41, 5.74) is 0.491. The number of benzene rings is 1. The average Bonchev–Trinajstić information content (AvgIpc) is 2.83. The molecule has 1 saturated carbocycles. The molecule has 1 aromatic carbocycles. The van der Waals surface area contributed by atoms with Gasteiger partial charge in [-0.05, 0) is 63.1 Å². The Labute approximate surface area is 151 Å². The number of likely N-dealkylation sites (tertiary alicyclic amines) is 1. The fourth-order valence-electron chi connectivity index (χ4n) is 3.80. The number of hydrogen-bond acceptors (Lipinski definition) is 2. The minimum Gasteiger partial charge on any atom is -0.390 e. The van der Waals surface area contributed by atoms with E-state index in [1.54, 1.807) is 0 Å². The van der Waals surface area contributed by atoms with Crippen molar-refractivity contribution in [3.63, 3.8) is 0 Å². The summed E-state index contributed by atoms with van der Waals surface area (Å²) in [6.07, 6.45) is 4.99. The van der Waals surface area contributed by atoms with E-state index in [4.69, 9.17) is 11.6 Å². The second-order valence-electron chi connectivity index (χ2n) is 7.19. The van der Waals surface area contributed by atoms with Gasteiger partial charge in [0.1, 0.15) is 0 Å². The average molecular weight is 401 g/mol. The number of carbonyl (C=O) groups is 1. The molecule has 1 N–H and O–H groups in total. The maximum Gasteiger partial charge on any atom is 0.226 e. The standard InChI is InChI=1S/C18H23BrClNO2/c1-18(23)7-4-15(5-8-18)21-9-6-13(17(21)22)10-12-2-3-14(19)11-16(12)20/h2-3,11,13,15,23H,4-10H2,1H3. The van der Waals surface area contributed by atoms with Crippen LogP contribution in [-0.4, -0.2) is 34.1 Å². The molecule has 1 aromatic rings. The monoisotopic (exact) mass is 399 g/mol. The third-order valence-electron chi connectivity index (χ3n) is 5.31. The maximum atomic E-state index is 12.8. The van der Waals surface area contributed by atoms with Crippen LogP contribution >= 0.6 is 27.5 Å². The van der Waals surface area contributed by atoms with E-state index in [0.717, 1.165) is 53.7 Å². The van der Waals surface area contributed by atoms with Crippen molar-refractivity contribution in [1.29, 1.82) is 0 Å². The van der Waals surface area contributed by atoms with Gasteiger partial charge in [-0.15, -0.1) is 0 Å². The van der Waals surface area contributed by atoms with Gasteiger partial charge in [0.25, 0.3) is 0 Å². The number of amides is 1. The van der Waals surface area contributed by atoms with Crippen molar-refractivity contribution >= 4 is 33.4 Å². The van der Waals surface area contributed by atoms with Crippen LogP contribution < -0.4 is 0 Å². The van der Waals surface area contributed by atoms with Gasteiger partial charge in [0.2, 0.25) is 5.91 Å². The van der Waals surface area contributed by atoms with Crippen LogP contribution in [0.1, 0.15) is 44.6 Å². The van der Waals surface area contributed by atoms with Crippen molar-refractivity contribution in [2.75, 3.05) is 6.54 Å². The molecule has 0 radical (unpaired) electrons. The quantitative estimate of drug-likeness (QED) is 0.826. The molecule has 3 rings (SSSR count). The molecule has 1 aliphatic carbocycles. The summed E-state index contributed by atoms with van der Waals surface area (Å²) in [5.74, 6) is 0.298. The molecule has 1 heterocycles. The van der Waals surface area contributed by atoms with Crippen LogP contribution in [0.3, 0.4) is 0 Å². The van der Waals surface area contributed by atoms with Gasteiger partial charge < -0.3 is 10.0 Å². The van der Waals surface area contributed by atoms with E-state index in [0.29, 0.717) is 12.5 Å². The van der Waals surface area contributed by atoms with Gasteiger partial charge in [-0.1, -0.05) is 33.6 Å². The van der Waals surface area contributed by atoms with Crippen LogP contribution in [0.4, 0.5) is 0 Å². The molecule has 126 valence electrons. The van der Waals surface area contributed by atoms with Crippen molar-refractivity contribution in [3.8, 4) is 0 Å². The summed E-state index contributed by atoms with van der Waals surface area (Å²) in [4.78, 5) is 14.8. The molecule has 5 heteroatoms. The first-order valence-electron chi connectivity index (χ1n) is 8.32. The summed E-state index contributed by atoms with van der Waals surface area (Å²) >= 11 is 9.70. The van der Waals surface area contributed by atoms with E-state index in [1.807, 2.05) is 30.0 Å². The topological polar surface area (TPSA) is 40.5 Å². The fraction of sp³-hybridized carbons (Fsp3) is 0.611. The van der Waals surface area contributed by atoms with Crippen LogP contribution in [0.2, 0.25) is 5.02 Å². The van der Waals surface area contributed by atoms with E-state index in [2.05, 4.69) is 15.9 Å². The van der Waals surface area contributed by atoms with Gasteiger partial charge in [0, 0.05) is 28.0 Å². The number of rotatable bonds is 3. The molecule has 1 aliphatic heterocycles. The first-order chi connectivity index (χ1) is 10.9. The summed E-state index contributed by atoms with van der Waals surface area (Å²) in [6, 6.07) is 6.16. The van der Waals surface area contributed by atoms with Crippen LogP contribution in [0.5, 0.6) is 0 Å². The van der Waals surface area contributed by atoms with Gasteiger partial charge in [-0.3, -0.25) is 4.79 Å². The number of hydrogen-bond donors (Lipinski definition) is 1.